The zero-order chi connectivity index (χ0) is 22.4. The zero-order valence-electron chi connectivity index (χ0n) is 17.2. The number of ether oxygens (including phenoxy) is 1. The average Bonchev–Trinajstić information content (AvgIpc) is 3.33. The number of carbonyl (C=O) groups excluding carboxylic acids is 2. The Balaban J connectivity index is 1.69. The minimum Gasteiger partial charge on any atom is -0.462 e. The molecule has 0 saturated carbocycles. The van der Waals surface area contributed by atoms with Gasteiger partial charge >= 0.3 is 11.8 Å². The molecular weight excluding hydrogens is 420 g/mol. The van der Waals surface area contributed by atoms with Gasteiger partial charge in [-0.15, -0.1) is 11.3 Å². The van der Waals surface area contributed by atoms with E-state index in [1.54, 1.807) is 13.8 Å². The molecule has 10 heteroatoms. The van der Waals surface area contributed by atoms with E-state index < -0.39 is 10.9 Å². The average molecular weight is 442 g/mol. The Kier molecular flexibility index (Phi) is 7.14. The van der Waals surface area contributed by atoms with E-state index in [1.165, 1.54) is 22.1 Å². The third-order valence-corrected chi connectivity index (χ3v) is 5.43. The number of esters is 1. The number of nitrogens with zero attached hydrogens (tertiary/aromatic N) is 3. The van der Waals surface area contributed by atoms with Crippen molar-refractivity contribution in [1.82, 2.24) is 9.78 Å². The first-order valence-corrected chi connectivity index (χ1v) is 10.6. The van der Waals surface area contributed by atoms with Gasteiger partial charge in [0.1, 0.15) is 10.6 Å². The fourth-order valence-corrected chi connectivity index (χ4v) is 4.05. The molecule has 0 unspecified atom stereocenters. The summed E-state index contributed by atoms with van der Waals surface area (Å²) in [4.78, 5) is 35.3. The predicted octanol–water partition coefficient (Wildman–Crippen LogP) is 4.42. The maximum Gasteiger partial charge on any atom is 0.390 e. The van der Waals surface area contributed by atoms with Crippen molar-refractivity contribution in [3.8, 4) is 11.1 Å². The Morgan fingerprint density at radius 3 is 2.68 bits per heavy atom. The molecule has 162 valence electrons. The van der Waals surface area contributed by atoms with Crippen LogP contribution in [-0.4, -0.2) is 33.2 Å². The van der Waals surface area contributed by atoms with E-state index in [0.717, 1.165) is 5.56 Å². The predicted molar refractivity (Wildman–Crippen MR) is 117 cm³/mol. The van der Waals surface area contributed by atoms with Crippen molar-refractivity contribution >= 4 is 34.0 Å². The highest BCUT2D eigenvalue weighted by Crippen LogP contribution is 2.36. The monoisotopic (exact) mass is 442 g/mol. The van der Waals surface area contributed by atoms with Crippen molar-refractivity contribution in [2.24, 2.45) is 0 Å². The topological polar surface area (TPSA) is 116 Å². The number of anilines is 1. The van der Waals surface area contributed by atoms with Gasteiger partial charge in [0.15, 0.2) is 0 Å². The summed E-state index contributed by atoms with van der Waals surface area (Å²) in [6.45, 7) is 4.05. The summed E-state index contributed by atoms with van der Waals surface area (Å²) in [5.41, 5.74) is 2.56. The minimum absolute atomic E-state index is 0.175. The number of hydrogen-bond donors (Lipinski definition) is 1. The number of amides is 1. The molecule has 0 aliphatic heterocycles. The number of nitro groups is 1. The highest BCUT2D eigenvalue weighted by molar-refractivity contribution is 7.15. The Bertz CT molecular complexity index is 1090. The van der Waals surface area contributed by atoms with E-state index in [1.807, 2.05) is 35.7 Å². The normalized spacial score (nSPS) is 10.6. The summed E-state index contributed by atoms with van der Waals surface area (Å²) >= 11 is 1.27. The van der Waals surface area contributed by atoms with Crippen LogP contribution < -0.4 is 5.32 Å². The smallest absolute Gasteiger partial charge is 0.390 e. The first-order valence-electron chi connectivity index (χ1n) is 9.73. The van der Waals surface area contributed by atoms with Gasteiger partial charge in [-0.2, -0.15) is 4.68 Å². The maximum atomic E-state index is 12.6. The zero-order valence-corrected chi connectivity index (χ0v) is 18.0. The molecule has 1 amide bonds. The first-order chi connectivity index (χ1) is 14.9. The summed E-state index contributed by atoms with van der Waals surface area (Å²) < 4.78 is 6.70. The van der Waals surface area contributed by atoms with Crippen molar-refractivity contribution in [3.05, 3.63) is 63.1 Å². The number of aromatic nitrogens is 2. The first kappa shape index (κ1) is 22.2. The van der Waals surface area contributed by atoms with Gasteiger partial charge in [0.05, 0.1) is 30.0 Å². The van der Waals surface area contributed by atoms with Crippen molar-refractivity contribution in [2.75, 3.05) is 11.9 Å². The lowest BCUT2D eigenvalue weighted by Gasteiger charge is -2.09. The van der Waals surface area contributed by atoms with Crippen molar-refractivity contribution in [3.63, 3.8) is 0 Å². The lowest BCUT2D eigenvalue weighted by molar-refractivity contribution is -0.389. The number of thiophene rings is 1. The SMILES string of the molecule is CCOC(=O)c1c(-c2ccccc2)csc1NC(=O)CCCn1nc([N+](=O)[O-])cc1C. The van der Waals surface area contributed by atoms with Gasteiger partial charge in [-0.05, 0) is 30.8 Å². The Labute approximate surface area is 182 Å². The molecule has 0 aliphatic carbocycles. The molecule has 0 bridgehead atoms. The summed E-state index contributed by atoms with van der Waals surface area (Å²) in [6, 6.07) is 10.8. The van der Waals surface area contributed by atoms with Crippen LogP contribution in [0.5, 0.6) is 0 Å². The van der Waals surface area contributed by atoms with Gasteiger partial charge in [0, 0.05) is 17.4 Å². The van der Waals surface area contributed by atoms with E-state index in [-0.39, 0.29) is 24.8 Å². The van der Waals surface area contributed by atoms with Crippen molar-refractivity contribution in [2.45, 2.75) is 33.2 Å². The molecule has 0 aliphatic rings. The van der Waals surface area contributed by atoms with Gasteiger partial charge in [0.2, 0.25) is 5.91 Å². The number of rotatable bonds is 9. The second-order valence-corrected chi connectivity index (χ2v) is 7.60. The third-order valence-electron chi connectivity index (χ3n) is 4.54. The lowest BCUT2D eigenvalue weighted by Crippen LogP contribution is -2.15. The summed E-state index contributed by atoms with van der Waals surface area (Å²) in [6.07, 6.45) is 0.616. The van der Waals surface area contributed by atoms with Gasteiger partial charge in [-0.25, -0.2) is 4.79 Å². The van der Waals surface area contributed by atoms with Gasteiger partial charge < -0.3 is 20.2 Å². The molecule has 0 radical (unpaired) electrons. The fourth-order valence-electron chi connectivity index (χ4n) is 3.07. The number of benzene rings is 1. The molecule has 2 aromatic heterocycles. The van der Waals surface area contributed by atoms with Crippen LogP contribution in [-0.2, 0) is 16.1 Å². The molecule has 2 heterocycles. The Morgan fingerprint density at radius 1 is 1.29 bits per heavy atom. The van der Waals surface area contributed by atoms with Crippen LogP contribution in [0.15, 0.2) is 41.8 Å². The van der Waals surface area contributed by atoms with Crippen LogP contribution in [0.2, 0.25) is 0 Å². The third kappa shape index (κ3) is 5.34. The van der Waals surface area contributed by atoms with Crippen LogP contribution in [0.25, 0.3) is 11.1 Å². The van der Waals surface area contributed by atoms with Gasteiger partial charge in [-0.3, -0.25) is 4.79 Å². The highest BCUT2D eigenvalue weighted by Gasteiger charge is 2.23. The molecule has 3 rings (SSSR count). The number of hydrogen-bond acceptors (Lipinski definition) is 7. The molecule has 31 heavy (non-hydrogen) atoms. The van der Waals surface area contributed by atoms with E-state index in [0.29, 0.717) is 34.8 Å². The van der Waals surface area contributed by atoms with Gasteiger partial charge in [-0.1, -0.05) is 30.3 Å². The summed E-state index contributed by atoms with van der Waals surface area (Å²) in [5.74, 6) is -0.961. The second-order valence-electron chi connectivity index (χ2n) is 6.72. The molecule has 1 aromatic carbocycles. The standard InChI is InChI=1S/C21H22N4O5S/c1-3-30-21(27)19-16(15-8-5-4-6-9-15)13-31-20(19)22-18(26)10-7-11-24-14(2)12-17(23-24)25(28)29/h4-6,8-9,12-13H,3,7,10-11H2,1-2H3,(H,22,26). The fraction of sp³-hybridized carbons (Fsp3) is 0.286. The molecule has 1 N–H and O–H groups in total. The van der Waals surface area contributed by atoms with Crippen LogP contribution in [0.4, 0.5) is 10.8 Å². The quantitative estimate of drug-likeness (QED) is 0.298. The molecular formula is C21H22N4O5S. The number of carbonyl (C=O) groups is 2. The molecule has 0 atom stereocenters. The molecule has 0 saturated heterocycles. The number of nitrogens with one attached hydrogen (secondary N) is 1. The van der Waals surface area contributed by atoms with E-state index in [9.17, 15) is 19.7 Å². The van der Waals surface area contributed by atoms with E-state index in [4.69, 9.17) is 4.74 Å². The molecule has 0 fully saturated rings. The summed E-state index contributed by atoms with van der Waals surface area (Å²) in [5, 5.41) is 19.8. The minimum atomic E-state index is -0.547. The lowest BCUT2D eigenvalue weighted by atomic mass is 10.0. The largest absolute Gasteiger partial charge is 0.462 e. The number of aryl methyl sites for hydroxylation is 2. The van der Waals surface area contributed by atoms with E-state index in [2.05, 4.69) is 10.4 Å². The van der Waals surface area contributed by atoms with Crippen LogP contribution in [0.1, 0.15) is 35.8 Å². The van der Waals surface area contributed by atoms with Crippen LogP contribution >= 0.6 is 11.3 Å². The van der Waals surface area contributed by atoms with Crippen LogP contribution in [0, 0.1) is 17.0 Å². The Morgan fingerprint density at radius 2 is 2.03 bits per heavy atom. The van der Waals surface area contributed by atoms with Crippen molar-refractivity contribution < 1.29 is 19.2 Å². The van der Waals surface area contributed by atoms with Crippen LogP contribution in [0.3, 0.4) is 0 Å². The highest BCUT2D eigenvalue weighted by atomic mass is 32.1. The molecule has 3 aromatic rings. The van der Waals surface area contributed by atoms with Crippen molar-refractivity contribution in [1.29, 1.82) is 0 Å². The Hall–Kier alpha value is -3.53. The molecule has 0 spiro atoms. The second kappa shape index (κ2) is 9.98. The summed E-state index contributed by atoms with van der Waals surface area (Å²) in [7, 11) is 0. The molecule has 9 nitrogen and oxygen atoms in total. The van der Waals surface area contributed by atoms with E-state index >= 15 is 0 Å². The maximum absolute atomic E-state index is 12.6. The van der Waals surface area contributed by atoms with Gasteiger partial charge in [0.25, 0.3) is 0 Å².